The van der Waals surface area contributed by atoms with E-state index in [0.29, 0.717) is 28.6 Å². The highest BCUT2D eigenvalue weighted by atomic mass is 16.6. The van der Waals surface area contributed by atoms with Gasteiger partial charge in [0.05, 0.1) is 5.52 Å². The predicted octanol–water partition coefficient (Wildman–Crippen LogP) is 2.82. The van der Waals surface area contributed by atoms with Crippen molar-refractivity contribution in [3.63, 3.8) is 0 Å². The first-order chi connectivity index (χ1) is 12.1. The van der Waals surface area contributed by atoms with E-state index in [1.165, 1.54) is 4.57 Å². The summed E-state index contributed by atoms with van der Waals surface area (Å²) in [7, 11) is 1.66. The van der Waals surface area contributed by atoms with Crippen LogP contribution in [0.15, 0.2) is 58.5 Å². The van der Waals surface area contributed by atoms with Gasteiger partial charge in [0, 0.05) is 24.4 Å². The van der Waals surface area contributed by atoms with Crippen LogP contribution in [0.4, 0.5) is 0 Å². The standard InChI is InChI=1S/C19H16N2O4/c1-21-14-8-4-2-6-11(14)18(23)17(19(21)24)13-10-16(25-20-13)12-7-3-5-9-15(12)22/h2-9,16,22-23H,10H2,1H3/t16-/m0/s1. The van der Waals surface area contributed by atoms with E-state index < -0.39 is 6.10 Å². The van der Waals surface area contributed by atoms with Crippen molar-refractivity contribution in [3.05, 3.63) is 70.0 Å². The van der Waals surface area contributed by atoms with E-state index in [0.717, 1.165) is 0 Å². The minimum Gasteiger partial charge on any atom is -0.508 e. The van der Waals surface area contributed by atoms with Crippen molar-refractivity contribution in [2.24, 2.45) is 12.2 Å². The van der Waals surface area contributed by atoms with E-state index in [1.54, 1.807) is 49.5 Å². The van der Waals surface area contributed by atoms with Crippen molar-refractivity contribution < 1.29 is 15.1 Å². The number of aryl methyl sites for hydroxylation is 1. The maximum atomic E-state index is 12.7. The molecule has 0 amide bonds. The van der Waals surface area contributed by atoms with Crippen LogP contribution in [0.2, 0.25) is 0 Å². The second-order valence-electron chi connectivity index (χ2n) is 6.00. The molecule has 0 spiro atoms. The molecular formula is C19H16N2O4. The van der Waals surface area contributed by atoms with Gasteiger partial charge in [-0.1, -0.05) is 35.5 Å². The molecular weight excluding hydrogens is 320 g/mol. The molecule has 2 heterocycles. The molecule has 1 aliphatic rings. The van der Waals surface area contributed by atoms with Crippen molar-refractivity contribution in [2.45, 2.75) is 12.5 Å². The van der Waals surface area contributed by atoms with Gasteiger partial charge in [0.25, 0.3) is 5.56 Å². The van der Waals surface area contributed by atoms with Crippen LogP contribution in [0.5, 0.6) is 11.5 Å². The molecule has 6 heteroatoms. The zero-order valence-electron chi connectivity index (χ0n) is 13.5. The third-order valence-electron chi connectivity index (χ3n) is 4.52. The summed E-state index contributed by atoms with van der Waals surface area (Å²) in [6.45, 7) is 0. The molecule has 0 unspecified atom stereocenters. The second-order valence-corrected chi connectivity index (χ2v) is 6.00. The Morgan fingerprint density at radius 3 is 2.64 bits per heavy atom. The minimum atomic E-state index is -0.494. The maximum absolute atomic E-state index is 12.7. The van der Waals surface area contributed by atoms with Gasteiger partial charge in [-0.15, -0.1) is 0 Å². The number of aromatic nitrogens is 1. The summed E-state index contributed by atoms with van der Waals surface area (Å²) in [4.78, 5) is 18.1. The van der Waals surface area contributed by atoms with Gasteiger partial charge in [-0.05, 0) is 18.2 Å². The van der Waals surface area contributed by atoms with E-state index >= 15 is 0 Å². The third-order valence-corrected chi connectivity index (χ3v) is 4.52. The molecule has 25 heavy (non-hydrogen) atoms. The second kappa shape index (κ2) is 5.66. The molecule has 6 nitrogen and oxygen atoms in total. The number of para-hydroxylation sites is 2. The van der Waals surface area contributed by atoms with Crippen LogP contribution in [0.1, 0.15) is 23.7 Å². The third kappa shape index (κ3) is 2.34. The summed E-state index contributed by atoms with van der Waals surface area (Å²) >= 11 is 0. The van der Waals surface area contributed by atoms with Crippen LogP contribution in [0.25, 0.3) is 10.9 Å². The normalized spacial score (nSPS) is 16.7. The summed E-state index contributed by atoms with van der Waals surface area (Å²) in [6.07, 6.45) is -0.203. The number of phenols is 1. The van der Waals surface area contributed by atoms with Crippen LogP contribution in [-0.2, 0) is 11.9 Å². The lowest BCUT2D eigenvalue weighted by molar-refractivity contribution is 0.0838. The van der Waals surface area contributed by atoms with E-state index in [4.69, 9.17) is 4.84 Å². The molecule has 0 saturated heterocycles. The number of nitrogens with zero attached hydrogens (tertiary/aromatic N) is 2. The van der Waals surface area contributed by atoms with Crippen molar-refractivity contribution in [3.8, 4) is 11.5 Å². The Balaban J connectivity index is 1.79. The first kappa shape index (κ1) is 15.3. The Labute approximate surface area is 143 Å². The van der Waals surface area contributed by atoms with Crippen LogP contribution in [0.3, 0.4) is 0 Å². The number of pyridine rings is 1. The monoisotopic (exact) mass is 336 g/mol. The molecule has 3 aromatic rings. The van der Waals surface area contributed by atoms with Gasteiger partial charge in [-0.25, -0.2) is 0 Å². The molecule has 0 fully saturated rings. The molecule has 0 aliphatic carbocycles. The minimum absolute atomic E-state index is 0.0982. The first-order valence-electron chi connectivity index (χ1n) is 7.89. The van der Waals surface area contributed by atoms with Gasteiger partial charge in [-0.2, -0.15) is 0 Å². The maximum Gasteiger partial charge on any atom is 0.263 e. The molecule has 1 aromatic heterocycles. The topological polar surface area (TPSA) is 84.1 Å². The van der Waals surface area contributed by atoms with Gasteiger partial charge >= 0.3 is 0 Å². The number of oxime groups is 1. The Morgan fingerprint density at radius 1 is 1.12 bits per heavy atom. The molecule has 0 radical (unpaired) electrons. The number of hydrogen-bond acceptors (Lipinski definition) is 5. The molecule has 2 N–H and O–H groups in total. The van der Waals surface area contributed by atoms with Gasteiger partial charge < -0.3 is 19.6 Å². The van der Waals surface area contributed by atoms with Gasteiger partial charge in [0.2, 0.25) is 0 Å². The fourth-order valence-electron chi connectivity index (χ4n) is 3.19. The summed E-state index contributed by atoms with van der Waals surface area (Å²) < 4.78 is 1.49. The highest BCUT2D eigenvalue weighted by Gasteiger charge is 2.30. The highest BCUT2D eigenvalue weighted by Crippen LogP contribution is 2.36. The fourth-order valence-corrected chi connectivity index (χ4v) is 3.19. The van der Waals surface area contributed by atoms with Gasteiger partial charge in [-0.3, -0.25) is 4.79 Å². The van der Waals surface area contributed by atoms with Gasteiger partial charge in [0.1, 0.15) is 22.8 Å². The lowest BCUT2D eigenvalue weighted by Gasteiger charge is -2.12. The molecule has 2 aromatic carbocycles. The molecule has 126 valence electrons. The van der Waals surface area contributed by atoms with Crippen LogP contribution in [-0.4, -0.2) is 20.5 Å². The van der Waals surface area contributed by atoms with Crippen molar-refractivity contribution in [1.29, 1.82) is 0 Å². The number of phenolic OH excluding ortho intramolecular Hbond substituents is 1. The van der Waals surface area contributed by atoms with Crippen molar-refractivity contribution >= 4 is 16.6 Å². The van der Waals surface area contributed by atoms with Crippen LogP contribution < -0.4 is 5.56 Å². The Hall–Kier alpha value is -3.28. The van der Waals surface area contributed by atoms with E-state index in [9.17, 15) is 15.0 Å². The zero-order chi connectivity index (χ0) is 17.6. The highest BCUT2D eigenvalue weighted by molar-refractivity contribution is 6.07. The number of rotatable bonds is 2. The molecule has 4 rings (SSSR count). The molecule has 0 saturated carbocycles. The Morgan fingerprint density at radius 2 is 1.84 bits per heavy atom. The number of aromatic hydroxyl groups is 2. The summed E-state index contributed by atoms with van der Waals surface area (Å²) in [6, 6.07) is 14.0. The Bertz CT molecular complexity index is 1070. The number of fused-ring (bicyclic) bond motifs is 1. The summed E-state index contributed by atoms with van der Waals surface area (Å²) in [5, 5.41) is 25.2. The van der Waals surface area contributed by atoms with Crippen LogP contribution >= 0.6 is 0 Å². The smallest absolute Gasteiger partial charge is 0.263 e. The van der Waals surface area contributed by atoms with Crippen molar-refractivity contribution in [2.75, 3.05) is 0 Å². The largest absolute Gasteiger partial charge is 0.508 e. The van der Waals surface area contributed by atoms with Gasteiger partial charge in [0.15, 0.2) is 6.10 Å². The number of hydrogen-bond donors (Lipinski definition) is 2. The Kier molecular flexibility index (Phi) is 3.46. The average Bonchev–Trinajstić information content (AvgIpc) is 3.10. The molecule has 0 bridgehead atoms. The lowest BCUT2D eigenvalue weighted by atomic mass is 9.98. The average molecular weight is 336 g/mol. The lowest BCUT2D eigenvalue weighted by Crippen LogP contribution is -2.24. The predicted molar refractivity (Wildman–Crippen MR) is 93.9 cm³/mol. The molecule has 1 atom stereocenters. The SMILES string of the molecule is Cn1c(=O)c(C2=NO[C@H](c3ccccc3O)C2)c(O)c2ccccc21. The number of benzene rings is 2. The summed E-state index contributed by atoms with van der Waals surface area (Å²) in [5.41, 5.74) is 1.41. The van der Waals surface area contributed by atoms with E-state index in [1.807, 2.05) is 6.07 Å². The zero-order valence-corrected chi connectivity index (χ0v) is 13.5. The van der Waals surface area contributed by atoms with E-state index in [2.05, 4.69) is 5.16 Å². The van der Waals surface area contributed by atoms with Crippen LogP contribution in [0, 0.1) is 0 Å². The summed E-state index contributed by atoms with van der Waals surface area (Å²) in [5.74, 6) is 0.0126. The fraction of sp³-hybridized carbons (Fsp3) is 0.158. The quantitative estimate of drug-likeness (QED) is 0.754. The van der Waals surface area contributed by atoms with Crippen molar-refractivity contribution in [1.82, 2.24) is 4.57 Å². The van der Waals surface area contributed by atoms with E-state index in [-0.39, 0.29) is 22.6 Å². The molecule has 1 aliphatic heterocycles. The first-order valence-corrected chi connectivity index (χ1v) is 7.89.